The topological polar surface area (TPSA) is 144 Å². The van der Waals surface area contributed by atoms with Gasteiger partial charge < -0.3 is 10.6 Å². The molecule has 0 unspecified atom stereocenters. The minimum atomic E-state index is -1.18. The van der Waals surface area contributed by atoms with Crippen LogP contribution in [0.5, 0.6) is 0 Å². The van der Waals surface area contributed by atoms with Gasteiger partial charge in [-0.05, 0) is 74.6 Å². The van der Waals surface area contributed by atoms with E-state index >= 15 is 0 Å². The summed E-state index contributed by atoms with van der Waals surface area (Å²) in [5, 5.41) is 21.3. The lowest BCUT2D eigenvalue weighted by Gasteiger charge is -2.39. The van der Waals surface area contributed by atoms with Crippen LogP contribution in [0.4, 0.5) is 4.39 Å². The summed E-state index contributed by atoms with van der Waals surface area (Å²) in [6.45, 7) is 3.51. The lowest BCUT2D eigenvalue weighted by atomic mass is 9.70. The second-order valence-corrected chi connectivity index (χ2v) is 11.6. The Morgan fingerprint density at radius 3 is 1.81 bits per heavy atom. The number of Topliss-reactive ketones (excluding diaryl/α,β-unsaturated/α-hetero) is 2. The van der Waals surface area contributed by atoms with E-state index in [4.69, 9.17) is 11.6 Å². The molecule has 12 heteroatoms. The first kappa shape index (κ1) is 31.1. The fourth-order valence-corrected chi connectivity index (χ4v) is 5.98. The van der Waals surface area contributed by atoms with Crippen LogP contribution in [0.3, 0.4) is 0 Å². The molecule has 10 nitrogen and oxygen atoms in total. The fourth-order valence-electron chi connectivity index (χ4n) is 5.73. The molecule has 2 amide bonds. The second kappa shape index (κ2) is 12.6. The van der Waals surface area contributed by atoms with E-state index in [-0.39, 0.29) is 54.7 Å². The molecule has 2 aliphatic heterocycles. The summed E-state index contributed by atoms with van der Waals surface area (Å²) >= 11 is 6.03. The van der Waals surface area contributed by atoms with Crippen LogP contribution in [0, 0.1) is 6.92 Å². The standard InChI is InChI=1S/C15H17N3O2.C14H13ClFN3O2.CH4/c1-9-11(10-4-2-3-5-10)6-13(18-17-9)12-8-16-15(20)7-14(12)19;1-14(16)4-7(5-14)8-2-10(18-19-13(8)15)9-6-17-12(21)3-11(9)20;/h6,8,10H,2-5,7H2,1H3,(H,16,20);2,6-7H,3-5H2,1H3,(H,17,21);1H4. The van der Waals surface area contributed by atoms with Gasteiger partial charge in [-0.2, -0.15) is 10.2 Å². The number of carbonyl (C=O) groups is 4. The predicted octanol–water partition coefficient (Wildman–Crippen LogP) is 4.67. The molecule has 2 N–H and O–H groups in total. The Hall–Kier alpha value is -3.86. The Balaban J connectivity index is 0.000000189. The van der Waals surface area contributed by atoms with Gasteiger partial charge in [0.15, 0.2) is 16.7 Å². The summed E-state index contributed by atoms with van der Waals surface area (Å²) in [6.07, 6.45) is 8.06. The molecular weight excluding hydrogens is 563 g/mol. The Labute approximate surface area is 248 Å². The highest BCUT2D eigenvalue weighted by atomic mass is 35.5. The third-order valence-corrected chi connectivity index (χ3v) is 8.22. The lowest BCUT2D eigenvalue weighted by molar-refractivity contribution is -0.127. The maximum atomic E-state index is 13.6. The van der Waals surface area contributed by atoms with Crippen molar-refractivity contribution in [2.24, 2.45) is 0 Å². The van der Waals surface area contributed by atoms with Crippen molar-refractivity contribution in [2.45, 2.75) is 90.1 Å². The van der Waals surface area contributed by atoms with E-state index in [0.717, 1.165) is 5.69 Å². The highest BCUT2D eigenvalue weighted by Gasteiger charge is 2.42. The summed E-state index contributed by atoms with van der Waals surface area (Å²) in [5.41, 5.74) is 3.33. The number of hydrogen-bond acceptors (Lipinski definition) is 8. The normalized spacial score (nSPS) is 23.9. The first-order valence-corrected chi connectivity index (χ1v) is 14.0. The molecule has 2 aliphatic carbocycles. The van der Waals surface area contributed by atoms with Gasteiger partial charge in [-0.3, -0.25) is 19.2 Å². The SMILES string of the molecule is C.CC1(F)CC(c2cc(C3=CNC(=O)CC3=O)nnc2Cl)C1.Cc1nnc(C2=CNC(=O)CC2=O)cc1C1CCCC1. The van der Waals surface area contributed by atoms with Gasteiger partial charge in [0, 0.05) is 12.4 Å². The van der Waals surface area contributed by atoms with E-state index < -0.39 is 5.67 Å². The van der Waals surface area contributed by atoms with Crippen molar-refractivity contribution in [3.8, 4) is 0 Å². The second-order valence-electron chi connectivity index (χ2n) is 11.2. The first-order chi connectivity index (χ1) is 19.5. The third kappa shape index (κ3) is 6.78. The van der Waals surface area contributed by atoms with E-state index in [9.17, 15) is 23.6 Å². The van der Waals surface area contributed by atoms with E-state index in [0.29, 0.717) is 46.9 Å². The Bertz CT molecular complexity index is 1490. The van der Waals surface area contributed by atoms with Crippen molar-refractivity contribution in [2.75, 3.05) is 0 Å². The Morgan fingerprint density at radius 2 is 1.31 bits per heavy atom. The van der Waals surface area contributed by atoms with Gasteiger partial charge in [0.05, 0.1) is 41.1 Å². The molecule has 0 spiro atoms. The number of alkyl halides is 1. The number of amides is 2. The van der Waals surface area contributed by atoms with Crippen LogP contribution in [0.25, 0.3) is 11.1 Å². The molecule has 4 heterocycles. The molecule has 0 bridgehead atoms. The van der Waals surface area contributed by atoms with Gasteiger partial charge in [-0.15, -0.1) is 10.2 Å². The molecule has 0 aromatic carbocycles. The van der Waals surface area contributed by atoms with Gasteiger partial charge in [0.2, 0.25) is 11.8 Å². The number of nitrogens with one attached hydrogen (secondary N) is 2. The molecule has 0 atom stereocenters. The number of ketones is 2. The number of rotatable bonds is 4. The molecule has 4 aliphatic rings. The van der Waals surface area contributed by atoms with Crippen molar-refractivity contribution in [3.63, 3.8) is 0 Å². The van der Waals surface area contributed by atoms with Crippen LogP contribution in [-0.2, 0) is 19.2 Å². The summed E-state index contributed by atoms with van der Waals surface area (Å²) in [6, 6.07) is 3.63. The summed E-state index contributed by atoms with van der Waals surface area (Å²) in [4.78, 5) is 46.1. The number of aryl methyl sites for hydroxylation is 1. The summed E-state index contributed by atoms with van der Waals surface area (Å²) in [7, 11) is 0. The molecule has 2 aromatic rings. The summed E-state index contributed by atoms with van der Waals surface area (Å²) in [5.74, 6) is -0.615. The molecule has 0 saturated heterocycles. The van der Waals surface area contributed by atoms with Gasteiger partial charge in [0.25, 0.3) is 0 Å². The number of aromatic nitrogens is 4. The monoisotopic (exact) mass is 596 g/mol. The van der Waals surface area contributed by atoms with E-state index in [1.807, 2.05) is 13.0 Å². The maximum absolute atomic E-state index is 13.6. The van der Waals surface area contributed by atoms with Crippen molar-refractivity contribution in [1.82, 2.24) is 31.0 Å². The maximum Gasteiger partial charge on any atom is 0.231 e. The minimum Gasteiger partial charge on any atom is -0.331 e. The molecule has 2 fully saturated rings. The zero-order valence-corrected chi connectivity index (χ0v) is 23.6. The van der Waals surface area contributed by atoms with Crippen molar-refractivity contribution in [1.29, 1.82) is 0 Å². The number of allylic oxidation sites excluding steroid dienone is 2. The van der Waals surface area contributed by atoms with Gasteiger partial charge in [-0.1, -0.05) is 31.9 Å². The molecule has 6 rings (SSSR count). The molecule has 2 aromatic heterocycles. The van der Waals surface area contributed by atoms with Crippen LogP contribution in [0.15, 0.2) is 24.5 Å². The van der Waals surface area contributed by atoms with Gasteiger partial charge in [0.1, 0.15) is 5.67 Å². The Morgan fingerprint density at radius 1 is 0.810 bits per heavy atom. The van der Waals surface area contributed by atoms with E-state index in [1.54, 1.807) is 13.0 Å². The molecule has 2 saturated carbocycles. The van der Waals surface area contributed by atoms with E-state index in [2.05, 4.69) is 31.0 Å². The van der Waals surface area contributed by atoms with Crippen LogP contribution < -0.4 is 10.6 Å². The van der Waals surface area contributed by atoms with Crippen LogP contribution >= 0.6 is 11.6 Å². The number of carbonyl (C=O) groups excluding carboxylic acids is 4. The van der Waals surface area contributed by atoms with Gasteiger partial charge in [-0.25, -0.2) is 4.39 Å². The molecule has 0 radical (unpaired) electrons. The van der Waals surface area contributed by atoms with Crippen molar-refractivity contribution >= 4 is 46.1 Å². The zero-order valence-electron chi connectivity index (χ0n) is 22.8. The van der Waals surface area contributed by atoms with Crippen LogP contribution in [-0.4, -0.2) is 49.4 Å². The average molecular weight is 597 g/mol. The zero-order chi connectivity index (χ0) is 29.3. The first-order valence-electron chi connectivity index (χ1n) is 13.6. The number of hydrogen-bond donors (Lipinski definition) is 2. The van der Waals surface area contributed by atoms with Crippen molar-refractivity contribution < 1.29 is 23.6 Å². The molecule has 42 heavy (non-hydrogen) atoms. The minimum absolute atomic E-state index is 0. The smallest absolute Gasteiger partial charge is 0.231 e. The quantitative estimate of drug-likeness (QED) is 0.484. The molecule has 222 valence electrons. The average Bonchev–Trinajstić information content (AvgIpc) is 3.44. The Kier molecular flexibility index (Phi) is 9.30. The lowest BCUT2D eigenvalue weighted by Crippen LogP contribution is -2.35. The number of nitrogens with zero attached hydrogens (tertiary/aromatic N) is 4. The fraction of sp³-hybridized carbons (Fsp3) is 0.467. The highest BCUT2D eigenvalue weighted by Crippen LogP contribution is 2.48. The van der Waals surface area contributed by atoms with Gasteiger partial charge >= 0.3 is 0 Å². The van der Waals surface area contributed by atoms with E-state index in [1.165, 1.54) is 43.6 Å². The summed E-state index contributed by atoms with van der Waals surface area (Å²) < 4.78 is 13.6. The van der Waals surface area contributed by atoms with Crippen LogP contribution in [0.1, 0.15) is 106 Å². The highest BCUT2D eigenvalue weighted by molar-refractivity contribution is 6.30. The predicted molar refractivity (Wildman–Crippen MR) is 155 cm³/mol. The van der Waals surface area contributed by atoms with Crippen LogP contribution in [0.2, 0.25) is 5.15 Å². The third-order valence-electron chi connectivity index (χ3n) is 7.92. The number of halogens is 2. The largest absolute Gasteiger partial charge is 0.331 e. The molecular formula is C30H34ClFN6O4. The van der Waals surface area contributed by atoms with Crippen molar-refractivity contribution in [3.05, 3.63) is 57.9 Å².